The Kier molecular flexibility index (Phi) is 4.43. The minimum absolute atomic E-state index is 0.0713. The largest absolute Gasteiger partial charge is 0.338 e. The molecule has 1 saturated heterocycles. The van der Waals surface area contributed by atoms with Gasteiger partial charge in [0.2, 0.25) is 11.8 Å². The molecule has 1 aromatic carbocycles. The number of amides is 2. The van der Waals surface area contributed by atoms with Gasteiger partial charge >= 0.3 is 0 Å². The van der Waals surface area contributed by atoms with Crippen molar-refractivity contribution in [3.05, 3.63) is 29.8 Å². The summed E-state index contributed by atoms with van der Waals surface area (Å²) in [6.07, 6.45) is 2.17. The summed E-state index contributed by atoms with van der Waals surface area (Å²) in [5.41, 5.74) is 1.72. The van der Waals surface area contributed by atoms with E-state index in [-0.39, 0.29) is 30.2 Å². The van der Waals surface area contributed by atoms with Crippen LogP contribution in [0.5, 0.6) is 0 Å². The molecule has 22 heavy (non-hydrogen) atoms. The fourth-order valence-electron chi connectivity index (χ4n) is 3.45. The van der Waals surface area contributed by atoms with Crippen LogP contribution in [0.3, 0.4) is 0 Å². The molecule has 5 heteroatoms. The normalized spacial score (nSPS) is 23.8. The second kappa shape index (κ2) is 6.48. The quantitative estimate of drug-likeness (QED) is 0.890. The first-order chi connectivity index (χ1) is 10.7. The zero-order chi connectivity index (χ0) is 15.5. The maximum absolute atomic E-state index is 13.1. The van der Waals surface area contributed by atoms with Gasteiger partial charge in [0.1, 0.15) is 0 Å². The lowest BCUT2D eigenvalue weighted by Crippen LogP contribution is -2.45. The molecule has 0 spiro atoms. The SMILES string of the molecule is CCCN(C(=O)C1CC(=O)Nc2ccccc21)C1CCNC1. The monoisotopic (exact) mass is 301 g/mol. The average Bonchev–Trinajstić information content (AvgIpc) is 3.05. The third kappa shape index (κ3) is 2.86. The Balaban J connectivity index is 1.87. The van der Waals surface area contributed by atoms with Crippen LogP contribution in [0.1, 0.15) is 37.7 Å². The topological polar surface area (TPSA) is 61.4 Å². The number of nitrogens with one attached hydrogen (secondary N) is 2. The first kappa shape index (κ1) is 15.0. The van der Waals surface area contributed by atoms with E-state index in [1.807, 2.05) is 29.2 Å². The molecule has 118 valence electrons. The number of hydrogen-bond acceptors (Lipinski definition) is 3. The number of fused-ring (bicyclic) bond motifs is 1. The molecule has 0 aliphatic carbocycles. The van der Waals surface area contributed by atoms with Crippen LogP contribution in [0.2, 0.25) is 0 Å². The predicted octanol–water partition coefficient (Wildman–Crippen LogP) is 1.71. The number of para-hydroxylation sites is 1. The summed E-state index contributed by atoms with van der Waals surface area (Å²) in [4.78, 5) is 27.0. The van der Waals surface area contributed by atoms with Crippen molar-refractivity contribution in [1.29, 1.82) is 0 Å². The maximum Gasteiger partial charge on any atom is 0.231 e. The zero-order valence-electron chi connectivity index (χ0n) is 13.0. The van der Waals surface area contributed by atoms with Gasteiger partial charge in [-0.1, -0.05) is 25.1 Å². The Morgan fingerprint density at radius 3 is 2.91 bits per heavy atom. The number of rotatable bonds is 4. The fraction of sp³-hybridized carbons (Fsp3) is 0.529. The summed E-state index contributed by atoms with van der Waals surface area (Å²) in [6.45, 7) is 4.65. The third-order valence-electron chi connectivity index (χ3n) is 4.52. The van der Waals surface area contributed by atoms with E-state index >= 15 is 0 Å². The summed E-state index contributed by atoms with van der Waals surface area (Å²) in [6, 6.07) is 7.89. The second-order valence-electron chi connectivity index (χ2n) is 6.07. The Morgan fingerprint density at radius 2 is 2.18 bits per heavy atom. The van der Waals surface area contributed by atoms with Gasteiger partial charge < -0.3 is 15.5 Å². The maximum atomic E-state index is 13.1. The molecule has 2 amide bonds. The van der Waals surface area contributed by atoms with Crippen LogP contribution >= 0.6 is 0 Å². The molecule has 0 bridgehead atoms. The molecule has 0 aromatic heterocycles. The first-order valence-electron chi connectivity index (χ1n) is 8.10. The lowest BCUT2D eigenvalue weighted by molar-refractivity contribution is -0.136. The van der Waals surface area contributed by atoms with Gasteiger partial charge in [-0.2, -0.15) is 0 Å². The molecular weight excluding hydrogens is 278 g/mol. The van der Waals surface area contributed by atoms with E-state index in [4.69, 9.17) is 0 Å². The molecule has 2 atom stereocenters. The summed E-state index contributed by atoms with van der Waals surface area (Å²) in [5.74, 6) is -0.326. The molecular formula is C17H23N3O2. The van der Waals surface area contributed by atoms with E-state index in [9.17, 15) is 9.59 Å². The van der Waals surface area contributed by atoms with Gasteiger partial charge in [0.05, 0.1) is 5.92 Å². The summed E-state index contributed by atoms with van der Waals surface area (Å²) < 4.78 is 0. The van der Waals surface area contributed by atoms with E-state index in [1.54, 1.807) is 0 Å². The molecule has 2 heterocycles. The van der Waals surface area contributed by atoms with E-state index in [2.05, 4.69) is 17.6 Å². The van der Waals surface area contributed by atoms with Crippen LogP contribution in [0.15, 0.2) is 24.3 Å². The average molecular weight is 301 g/mol. The smallest absolute Gasteiger partial charge is 0.231 e. The molecule has 3 rings (SSSR count). The molecule has 2 unspecified atom stereocenters. The van der Waals surface area contributed by atoms with Crippen molar-refractivity contribution in [2.75, 3.05) is 25.0 Å². The summed E-state index contributed by atoms with van der Waals surface area (Å²) in [7, 11) is 0. The van der Waals surface area contributed by atoms with E-state index in [0.717, 1.165) is 43.7 Å². The zero-order valence-corrected chi connectivity index (χ0v) is 13.0. The number of carbonyl (C=O) groups excluding carboxylic acids is 2. The highest BCUT2D eigenvalue weighted by atomic mass is 16.2. The molecule has 0 radical (unpaired) electrons. The highest BCUT2D eigenvalue weighted by Crippen LogP contribution is 2.34. The minimum Gasteiger partial charge on any atom is -0.338 e. The van der Waals surface area contributed by atoms with Crippen LogP contribution in [0.4, 0.5) is 5.69 Å². The van der Waals surface area contributed by atoms with Crippen LogP contribution in [0, 0.1) is 0 Å². The highest BCUT2D eigenvalue weighted by molar-refractivity contribution is 6.01. The molecule has 1 aromatic rings. The van der Waals surface area contributed by atoms with Gasteiger partial charge in [0, 0.05) is 31.2 Å². The van der Waals surface area contributed by atoms with Crippen molar-refractivity contribution >= 4 is 17.5 Å². The minimum atomic E-state index is -0.350. The molecule has 1 fully saturated rings. The Hall–Kier alpha value is -1.88. The van der Waals surface area contributed by atoms with Gasteiger partial charge in [-0.25, -0.2) is 0 Å². The van der Waals surface area contributed by atoms with Crippen LogP contribution in [0.25, 0.3) is 0 Å². The van der Waals surface area contributed by atoms with Crippen molar-refractivity contribution in [1.82, 2.24) is 10.2 Å². The molecule has 2 N–H and O–H groups in total. The van der Waals surface area contributed by atoms with Gasteiger partial charge in [-0.15, -0.1) is 0 Å². The Bertz CT molecular complexity index is 567. The lowest BCUT2D eigenvalue weighted by atomic mass is 9.89. The highest BCUT2D eigenvalue weighted by Gasteiger charge is 2.36. The van der Waals surface area contributed by atoms with Crippen molar-refractivity contribution in [3.8, 4) is 0 Å². The van der Waals surface area contributed by atoms with Crippen molar-refractivity contribution in [2.45, 2.75) is 38.1 Å². The van der Waals surface area contributed by atoms with E-state index in [1.165, 1.54) is 0 Å². The van der Waals surface area contributed by atoms with E-state index < -0.39 is 0 Å². The van der Waals surface area contributed by atoms with Crippen LogP contribution in [-0.2, 0) is 9.59 Å². The van der Waals surface area contributed by atoms with Crippen molar-refractivity contribution < 1.29 is 9.59 Å². The van der Waals surface area contributed by atoms with Crippen LogP contribution in [-0.4, -0.2) is 42.4 Å². The third-order valence-corrected chi connectivity index (χ3v) is 4.52. The predicted molar refractivity (Wildman–Crippen MR) is 85.7 cm³/mol. The number of hydrogen-bond donors (Lipinski definition) is 2. The lowest BCUT2D eigenvalue weighted by Gasteiger charge is -2.34. The number of carbonyl (C=O) groups is 2. The molecule has 2 aliphatic rings. The fourth-order valence-corrected chi connectivity index (χ4v) is 3.45. The molecule has 0 saturated carbocycles. The number of benzene rings is 1. The molecule has 2 aliphatic heterocycles. The number of anilines is 1. The van der Waals surface area contributed by atoms with Gasteiger partial charge in [0.25, 0.3) is 0 Å². The summed E-state index contributed by atoms with van der Waals surface area (Å²) in [5, 5.41) is 6.19. The van der Waals surface area contributed by atoms with Crippen molar-refractivity contribution in [2.24, 2.45) is 0 Å². The Morgan fingerprint density at radius 1 is 1.36 bits per heavy atom. The van der Waals surface area contributed by atoms with Crippen molar-refractivity contribution in [3.63, 3.8) is 0 Å². The van der Waals surface area contributed by atoms with Gasteiger partial charge in [-0.3, -0.25) is 9.59 Å². The summed E-state index contributed by atoms with van der Waals surface area (Å²) >= 11 is 0. The number of nitrogens with zero attached hydrogens (tertiary/aromatic N) is 1. The van der Waals surface area contributed by atoms with E-state index in [0.29, 0.717) is 0 Å². The van der Waals surface area contributed by atoms with Crippen LogP contribution < -0.4 is 10.6 Å². The second-order valence-corrected chi connectivity index (χ2v) is 6.07. The standard InChI is InChI=1S/C17H23N3O2/c1-2-9-20(12-7-8-18-11-12)17(22)14-10-16(21)19-15-6-4-3-5-13(14)15/h3-6,12,14,18H,2,7-11H2,1H3,(H,19,21). The van der Waals surface area contributed by atoms with Gasteiger partial charge in [0.15, 0.2) is 0 Å². The molecule has 5 nitrogen and oxygen atoms in total. The van der Waals surface area contributed by atoms with Gasteiger partial charge in [-0.05, 0) is 31.0 Å². The Labute approximate surface area is 131 Å². The first-order valence-corrected chi connectivity index (χ1v) is 8.10.